The zero-order valence-corrected chi connectivity index (χ0v) is 5.91. The van der Waals surface area contributed by atoms with Crippen molar-refractivity contribution in [2.75, 3.05) is 0 Å². The third kappa shape index (κ3) is 0.973. The van der Waals surface area contributed by atoms with Gasteiger partial charge in [-0.05, 0) is 30.9 Å². The molecule has 9 heavy (non-hydrogen) atoms. The van der Waals surface area contributed by atoms with Crippen LogP contribution in [0.15, 0.2) is 36.0 Å². The molecule has 0 aliphatic heterocycles. The maximum atomic E-state index is 3.93. The van der Waals surface area contributed by atoms with E-state index in [4.69, 9.17) is 0 Å². The summed E-state index contributed by atoms with van der Waals surface area (Å²) in [4.78, 5) is 0. The molecule has 1 aliphatic carbocycles. The molecule has 48 valence electrons. The first-order valence-electron chi connectivity index (χ1n) is 3.26. The Bertz CT molecular complexity index is 182. The maximum Gasteiger partial charge on any atom is -0.0241 e. The molecule has 0 heteroatoms. The van der Waals surface area contributed by atoms with Crippen molar-refractivity contribution < 1.29 is 0 Å². The smallest absolute Gasteiger partial charge is 0.0241 e. The van der Waals surface area contributed by atoms with Crippen molar-refractivity contribution in [1.82, 2.24) is 0 Å². The van der Waals surface area contributed by atoms with Gasteiger partial charge in [-0.25, -0.2) is 0 Å². The van der Waals surface area contributed by atoms with Crippen LogP contribution in [0.2, 0.25) is 0 Å². The van der Waals surface area contributed by atoms with Crippen LogP contribution in [0.3, 0.4) is 0 Å². The topological polar surface area (TPSA) is 0 Å². The second-order valence-electron chi connectivity index (χ2n) is 2.50. The summed E-state index contributed by atoms with van der Waals surface area (Å²) in [5, 5.41) is 0. The Morgan fingerprint density at radius 1 is 1.44 bits per heavy atom. The molecule has 0 bridgehead atoms. The van der Waals surface area contributed by atoms with Crippen LogP contribution in [-0.2, 0) is 0 Å². The van der Waals surface area contributed by atoms with Crippen LogP contribution in [-0.4, -0.2) is 0 Å². The van der Waals surface area contributed by atoms with Gasteiger partial charge in [0.1, 0.15) is 0 Å². The molecule has 0 saturated carbocycles. The Morgan fingerprint density at radius 3 is 2.33 bits per heavy atom. The Kier molecular flexibility index (Phi) is 1.56. The lowest BCUT2D eigenvalue weighted by molar-refractivity contribution is 1.01. The Labute approximate surface area is 56.6 Å². The monoisotopic (exact) mass is 120 g/mol. The van der Waals surface area contributed by atoms with Crippen LogP contribution in [0, 0.1) is 0 Å². The van der Waals surface area contributed by atoms with Crippen LogP contribution in [0.25, 0.3) is 0 Å². The molecular formula is C9H12. The Balaban J connectivity index is 2.94. The number of hydrogen-bond acceptors (Lipinski definition) is 0. The van der Waals surface area contributed by atoms with Crippen molar-refractivity contribution in [2.45, 2.75) is 19.8 Å². The summed E-state index contributed by atoms with van der Waals surface area (Å²) >= 11 is 0. The maximum absolute atomic E-state index is 3.93. The summed E-state index contributed by atoms with van der Waals surface area (Å²) in [6, 6.07) is 0. The van der Waals surface area contributed by atoms with E-state index in [1.165, 1.54) is 23.1 Å². The van der Waals surface area contributed by atoms with Gasteiger partial charge in [0.15, 0.2) is 0 Å². The Hall–Kier alpha value is -0.780. The minimum absolute atomic E-state index is 1.13. The first-order valence-corrected chi connectivity index (χ1v) is 3.26. The minimum Gasteiger partial charge on any atom is -0.0985 e. The van der Waals surface area contributed by atoms with E-state index in [9.17, 15) is 0 Å². The van der Waals surface area contributed by atoms with E-state index in [1.807, 2.05) is 6.08 Å². The molecule has 0 aromatic carbocycles. The van der Waals surface area contributed by atoms with E-state index in [0.29, 0.717) is 0 Å². The van der Waals surface area contributed by atoms with Crippen molar-refractivity contribution in [3.8, 4) is 0 Å². The van der Waals surface area contributed by atoms with Gasteiger partial charge in [-0.15, -0.1) is 0 Å². The van der Waals surface area contributed by atoms with Crippen LogP contribution in [0.1, 0.15) is 19.8 Å². The van der Waals surface area contributed by atoms with Gasteiger partial charge in [0, 0.05) is 0 Å². The summed E-state index contributed by atoms with van der Waals surface area (Å²) in [6.07, 6.45) is 4.22. The second-order valence-corrected chi connectivity index (χ2v) is 2.50. The van der Waals surface area contributed by atoms with Gasteiger partial charge in [-0.3, -0.25) is 0 Å². The molecule has 1 rings (SSSR count). The molecular weight excluding hydrogens is 108 g/mol. The first kappa shape index (κ1) is 6.34. The molecule has 0 amide bonds. The van der Waals surface area contributed by atoms with Crippen molar-refractivity contribution in [3.63, 3.8) is 0 Å². The number of hydrogen-bond donors (Lipinski definition) is 0. The number of rotatable bonds is 1. The second kappa shape index (κ2) is 2.22. The van der Waals surface area contributed by atoms with E-state index in [-0.39, 0.29) is 0 Å². The summed E-state index contributed by atoms with van der Waals surface area (Å²) < 4.78 is 0. The van der Waals surface area contributed by atoms with Crippen LogP contribution < -0.4 is 0 Å². The zero-order valence-electron chi connectivity index (χ0n) is 5.91. The number of allylic oxidation sites excluding steroid dienone is 4. The third-order valence-corrected chi connectivity index (χ3v) is 1.85. The molecule has 0 N–H and O–H groups in total. The van der Waals surface area contributed by atoms with Gasteiger partial charge in [0.25, 0.3) is 0 Å². The van der Waals surface area contributed by atoms with Crippen molar-refractivity contribution >= 4 is 0 Å². The average molecular weight is 120 g/mol. The van der Waals surface area contributed by atoms with Crippen molar-refractivity contribution in [3.05, 3.63) is 36.0 Å². The molecule has 0 saturated heterocycles. The highest BCUT2D eigenvalue weighted by Crippen LogP contribution is 2.29. The molecule has 0 heterocycles. The summed E-state index contributed by atoms with van der Waals surface area (Å²) in [7, 11) is 0. The minimum atomic E-state index is 1.13. The fourth-order valence-corrected chi connectivity index (χ4v) is 1.23. The Morgan fingerprint density at radius 2 is 2.11 bits per heavy atom. The lowest BCUT2D eigenvalue weighted by Crippen LogP contribution is -1.74. The quantitative estimate of drug-likeness (QED) is 0.499. The van der Waals surface area contributed by atoms with Gasteiger partial charge in [0.05, 0.1) is 0 Å². The van der Waals surface area contributed by atoms with Crippen LogP contribution in [0.4, 0.5) is 0 Å². The first-order chi connectivity index (χ1) is 4.25. The van der Waals surface area contributed by atoms with Crippen LogP contribution >= 0.6 is 0 Å². The lowest BCUT2D eigenvalue weighted by atomic mass is 10.1. The average Bonchev–Trinajstić information content (AvgIpc) is 2.12. The van der Waals surface area contributed by atoms with E-state index >= 15 is 0 Å². The molecule has 0 atom stereocenters. The standard InChI is InChI=1S/C9H12/c1-4-9-7(2)5-6-8(9)3/h4H,1-2,5-6H2,3H3. The van der Waals surface area contributed by atoms with Crippen molar-refractivity contribution in [1.29, 1.82) is 0 Å². The van der Waals surface area contributed by atoms with E-state index in [2.05, 4.69) is 20.1 Å². The molecule has 0 aromatic rings. The van der Waals surface area contributed by atoms with Crippen LogP contribution in [0.5, 0.6) is 0 Å². The molecule has 0 fully saturated rings. The summed E-state index contributed by atoms with van der Waals surface area (Å²) in [6.45, 7) is 9.80. The highest BCUT2D eigenvalue weighted by molar-refractivity contribution is 5.45. The van der Waals surface area contributed by atoms with E-state index in [0.717, 1.165) is 6.42 Å². The van der Waals surface area contributed by atoms with Crippen molar-refractivity contribution in [2.24, 2.45) is 0 Å². The normalized spacial score (nSPS) is 19.0. The highest BCUT2D eigenvalue weighted by atomic mass is 14.2. The van der Waals surface area contributed by atoms with Gasteiger partial charge in [-0.1, -0.05) is 24.8 Å². The largest absolute Gasteiger partial charge is 0.0985 e. The summed E-state index contributed by atoms with van der Waals surface area (Å²) in [5.74, 6) is 0. The van der Waals surface area contributed by atoms with Gasteiger partial charge < -0.3 is 0 Å². The van der Waals surface area contributed by atoms with E-state index in [1.54, 1.807) is 0 Å². The molecule has 0 aromatic heterocycles. The summed E-state index contributed by atoms with van der Waals surface area (Å²) in [5.41, 5.74) is 3.98. The van der Waals surface area contributed by atoms with Gasteiger partial charge in [0.2, 0.25) is 0 Å². The zero-order chi connectivity index (χ0) is 6.85. The van der Waals surface area contributed by atoms with Gasteiger partial charge >= 0.3 is 0 Å². The van der Waals surface area contributed by atoms with Gasteiger partial charge in [-0.2, -0.15) is 0 Å². The molecule has 0 unspecified atom stereocenters. The molecule has 1 aliphatic rings. The molecule has 0 radical (unpaired) electrons. The molecule has 0 nitrogen and oxygen atoms in total. The molecule has 0 spiro atoms. The lowest BCUT2D eigenvalue weighted by Gasteiger charge is -1.94. The van der Waals surface area contributed by atoms with E-state index < -0.39 is 0 Å². The fourth-order valence-electron chi connectivity index (χ4n) is 1.23. The predicted molar refractivity (Wildman–Crippen MR) is 41.3 cm³/mol. The third-order valence-electron chi connectivity index (χ3n) is 1.85. The predicted octanol–water partition coefficient (Wildman–Crippen LogP) is 2.84. The highest BCUT2D eigenvalue weighted by Gasteiger charge is 2.10. The fraction of sp³-hybridized carbons (Fsp3) is 0.333. The SMILES string of the molecule is C=CC1=C(C)CCC1=C.